The molecule has 0 amide bonds. The van der Waals surface area contributed by atoms with Crippen LogP contribution in [0.4, 0.5) is 0 Å². The zero-order valence-electron chi connectivity index (χ0n) is 20.7. The van der Waals surface area contributed by atoms with Crippen molar-refractivity contribution in [1.29, 1.82) is 0 Å². The largest absolute Gasteiger partial charge is 0.468 e. The molecule has 1 aromatic heterocycles. The number of Topliss-reactive ketones (excluding diaryl/α,β-unsaturated/α-hetero) is 1. The van der Waals surface area contributed by atoms with Gasteiger partial charge in [-0.05, 0) is 52.2 Å². The first-order chi connectivity index (χ1) is 16.5. The second-order valence-electron chi connectivity index (χ2n) is 9.51. The lowest BCUT2D eigenvalue weighted by atomic mass is 9.69. The third-order valence-corrected chi connectivity index (χ3v) is 6.57. The lowest BCUT2D eigenvalue weighted by Gasteiger charge is -2.38. The van der Waals surface area contributed by atoms with Gasteiger partial charge in [-0.25, -0.2) is 4.79 Å². The third kappa shape index (κ3) is 4.17. The molecule has 1 N–H and O–H groups in total. The molecule has 1 aliphatic carbocycles. The number of hydrogen-bond acceptors (Lipinski definition) is 8. The minimum atomic E-state index is -1.05. The van der Waals surface area contributed by atoms with Gasteiger partial charge in [-0.2, -0.15) is 0 Å². The molecule has 0 radical (unpaired) electrons. The van der Waals surface area contributed by atoms with Crippen molar-refractivity contribution in [2.24, 2.45) is 11.8 Å². The minimum absolute atomic E-state index is 0.138. The standard InChI is InChI=1S/C27H29NO7/c1-12(2)35-27(32)21-15(5)28-18-10-14(4)20(26(31)33-6)25(30)23(18)22(21)17-11-34-19-8-7-13(3)9-16(19)24(17)29/h7-9,11-12,14,20,22,28H,10H2,1-6H3/t14-,20+,22-/m1/s1. The molecule has 3 atom stereocenters. The van der Waals surface area contributed by atoms with E-state index < -0.39 is 35.7 Å². The van der Waals surface area contributed by atoms with Gasteiger partial charge in [0.1, 0.15) is 11.5 Å². The Morgan fingerprint density at radius 2 is 1.89 bits per heavy atom. The van der Waals surface area contributed by atoms with E-state index in [1.54, 1.807) is 39.8 Å². The minimum Gasteiger partial charge on any atom is -0.468 e. The van der Waals surface area contributed by atoms with Crippen molar-refractivity contribution in [3.63, 3.8) is 0 Å². The zero-order valence-corrected chi connectivity index (χ0v) is 20.7. The molecule has 0 unspecified atom stereocenters. The second kappa shape index (κ2) is 9.17. The Morgan fingerprint density at radius 3 is 2.54 bits per heavy atom. The van der Waals surface area contributed by atoms with Gasteiger partial charge in [0.25, 0.3) is 0 Å². The average Bonchev–Trinajstić information content (AvgIpc) is 2.78. The SMILES string of the molecule is COC(=O)[C@@H]1C(=O)C2=C(C[C@H]1C)NC(C)=C(C(=O)OC(C)C)[C@H]2c1coc2ccc(C)cc2c1=O. The van der Waals surface area contributed by atoms with Crippen LogP contribution < -0.4 is 10.7 Å². The third-order valence-electron chi connectivity index (χ3n) is 6.57. The summed E-state index contributed by atoms with van der Waals surface area (Å²) >= 11 is 0. The first kappa shape index (κ1) is 24.4. The highest BCUT2D eigenvalue weighted by atomic mass is 16.5. The highest BCUT2D eigenvalue weighted by Crippen LogP contribution is 2.45. The number of allylic oxidation sites excluding steroid dienone is 3. The molecule has 0 spiro atoms. The van der Waals surface area contributed by atoms with Gasteiger partial charge >= 0.3 is 11.9 Å². The van der Waals surface area contributed by atoms with Gasteiger partial charge in [0, 0.05) is 22.5 Å². The quantitative estimate of drug-likeness (QED) is 0.522. The zero-order chi connectivity index (χ0) is 25.6. The number of rotatable bonds is 4. The van der Waals surface area contributed by atoms with Crippen LogP contribution >= 0.6 is 0 Å². The normalized spacial score (nSPS) is 22.3. The summed E-state index contributed by atoms with van der Waals surface area (Å²) in [4.78, 5) is 53.3. The first-order valence-corrected chi connectivity index (χ1v) is 11.6. The number of nitrogens with one attached hydrogen (secondary N) is 1. The van der Waals surface area contributed by atoms with E-state index >= 15 is 0 Å². The summed E-state index contributed by atoms with van der Waals surface area (Å²) in [7, 11) is 1.23. The van der Waals surface area contributed by atoms with E-state index in [0.717, 1.165) is 5.56 Å². The van der Waals surface area contributed by atoms with Gasteiger partial charge in [-0.3, -0.25) is 14.4 Å². The number of ketones is 1. The number of dihydropyridines is 1. The summed E-state index contributed by atoms with van der Waals surface area (Å²) in [6.07, 6.45) is 1.26. The molecule has 184 valence electrons. The van der Waals surface area contributed by atoms with Crippen LogP contribution in [0.15, 0.2) is 56.2 Å². The fourth-order valence-electron chi connectivity index (χ4n) is 5.00. The van der Waals surface area contributed by atoms with Gasteiger partial charge in [0.05, 0.1) is 36.4 Å². The van der Waals surface area contributed by atoms with E-state index in [4.69, 9.17) is 13.9 Å². The van der Waals surface area contributed by atoms with E-state index in [1.165, 1.54) is 13.4 Å². The van der Waals surface area contributed by atoms with Crippen molar-refractivity contribution in [3.8, 4) is 0 Å². The number of fused-ring (bicyclic) bond motifs is 1. The molecule has 4 rings (SSSR count). The molecule has 0 saturated carbocycles. The highest BCUT2D eigenvalue weighted by Gasteiger charge is 2.48. The summed E-state index contributed by atoms with van der Waals surface area (Å²) in [6.45, 7) is 8.81. The lowest BCUT2D eigenvalue weighted by Crippen LogP contribution is -2.44. The fourth-order valence-corrected chi connectivity index (χ4v) is 5.00. The van der Waals surface area contributed by atoms with Crippen LogP contribution in [0.3, 0.4) is 0 Å². The monoisotopic (exact) mass is 479 g/mol. The van der Waals surface area contributed by atoms with E-state index in [2.05, 4.69) is 5.32 Å². The summed E-state index contributed by atoms with van der Waals surface area (Å²) in [6, 6.07) is 5.25. The van der Waals surface area contributed by atoms with Crippen molar-refractivity contribution in [1.82, 2.24) is 5.32 Å². The first-order valence-electron chi connectivity index (χ1n) is 11.6. The molecule has 0 fully saturated rings. The van der Waals surface area contributed by atoms with E-state index in [0.29, 0.717) is 28.8 Å². The summed E-state index contributed by atoms with van der Waals surface area (Å²) in [5.41, 5.74) is 2.45. The Hall–Kier alpha value is -3.68. The van der Waals surface area contributed by atoms with Crippen LogP contribution in [0.25, 0.3) is 11.0 Å². The van der Waals surface area contributed by atoms with E-state index in [9.17, 15) is 19.2 Å². The molecule has 35 heavy (non-hydrogen) atoms. The molecule has 8 heteroatoms. The molecule has 8 nitrogen and oxygen atoms in total. The van der Waals surface area contributed by atoms with E-state index in [1.807, 2.05) is 13.0 Å². The van der Waals surface area contributed by atoms with Crippen LogP contribution in [0.1, 0.15) is 51.2 Å². The highest BCUT2D eigenvalue weighted by molar-refractivity contribution is 6.12. The molecule has 1 aromatic carbocycles. The Morgan fingerprint density at radius 1 is 1.17 bits per heavy atom. The molecule has 2 aliphatic rings. The Kier molecular flexibility index (Phi) is 6.40. The van der Waals surface area contributed by atoms with Crippen LogP contribution in [0.5, 0.6) is 0 Å². The molecule has 2 aromatic rings. The predicted octanol–water partition coefficient (Wildman–Crippen LogP) is 3.67. The molecular formula is C27H29NO7. The second-order valence-corrected chi connectivity index (χ2v) is 9.51. The molecule has 0 bridgehead atoms. The summed E-state index contributed by atoms with van der Waals surface area (Å²) in [5.74, 6) is -4.19. The van der Waals surface area contributed by atoms with Crippen molar-refractivity contribution < 1.29 is 28.3 Å². The number of esters is 2. The predicted molar refractivity (Wildman–Crippen MR) is 128 cm³/mol. The fraction of sp³-hybridized carbons (Fsp3) is 0.407. The van der Waals surface area contributed by atoms with Gasteiger partial charge in [-0.15, -0.1) is 0 Å². The Balaban J connectivity index is 1.98. The number of methoxy groups -OCH3 is 1. The van der Waals surface area contributed by atoms with Gasteiger partial charge in [-0.1, -0.05) is 18.6 Å². The van der Waals surface area contributed by atoms with Crippen LogP contribution in [-0.4, -0.2) is 30.9 Å². The maximum absolute atomic E-state index is 13.8. The number of ether oxygens (including phenoxy) is 2. The molecule has 1 aliphatic heterocycles. The number of carbonyl (C=O) groups excluding carboxylic acids is 3. The summed E-state index contributed by atoms with van der Waals surface area (Å²) in [5, 5.41) is 3.53. The van der Waals surface area contributed by atoms with Crippen LogP contribution in [0.2, 0.25) is 0 Å². The van der Waals surface area contributed by atoms with Gasteiger partial charge < -0.3 is 19.2 Å². The van der Waals surface area contributed by atoms with Gasteiger partial charge in [0.15, 0.2) is 11.2 Å². The number of hydrogen-bond donors (Lipinski definition) is 1. The van der Waals surface area contributed by atoms with Crippen molar-refractivity contribution >= 4 is 28.7 Å². The summed E-state index contributed by atoms with van der Waals surface area (Å²) < 4.78 is 16.2. The Bertz CT molecular complexity index is 1360. The number of carbonyl (C=O) groups is 3. The van der Waals surface area contributed by atoms with Crippen LogP contribution in [0, 0.1) is 18.8 Å². The van der Waals surface area contributed by atoms with Crippen molar-refractivity contribution in [3.05, 3.63) is 68.4 Å². The number of aryl methyl sites for hydroxylation is 1. The van der Waals surface area contributed by atoms with Crippen LogP contribution in [-0.2, 0) is 23.9 Å². The van der Waals surface area contributed by atoms with Crippen molar-refractivity contribution in [2.45, 2.75) is 53.1 Å². The molecule has 0 saturated heterocycles. The Labute approximate surface area is 203 Å². The average molecular weight is 480 g/mol. The molecule has 2 heterocycles. The van der Waals surface area contributed by atoms with Crippen molar-refractivity contribution in [2.75, 3.05) is 7.11 Å². The number of benzene rings is 1. The maximum Gasteiger partial charge on any atom is 0.337 e. The molecular weight excluding hydrogens is 450 g/mol. The lowest BCUT2D eigenvalue weighted by molar-refractivity contribution is -0.151. The van der Waals surface area contributed by atoms with Gasteiger partial charge in [0.2, 0.25) is 0 Å². The smallest absolute Gasteiger partial charge is 0.337 e. The maximum atomic E-state index is 13.8. The topological polar surface area (TPSA) is 112 Å². The van der Waals surface area contributed by atoms with E-state index in [-0.39, 0.29) is 28.1 Å².